The van der Waals surface area contributed by atoms with Crippen molar-refractivity contribution in [2.24, 2.45) is 0 Å². The highest BCUT2D eigenvalue weighted by molar-refractivity contribution is 7.30. The number of carboxylic acids is 3. The number of carbonyl (C=O) groups is 3. The zero-order valence-corrected chi connectivity index (χ0v) is 9.28. The highest BCUT2D eigenvalue weighted by atomic mass is 31.1. The molecule has 0 atom stereocenters. The number of hydrogen-bond acceptors (Lipinski definition) is 5. The summed E-state index contributed by atoms with van der Waals surface area (Å²) in [5.41, 5.74) is 0. The van der Waals surface area contributed by atoms with E-state index >= 15 is 0 Å². The molecule has 0 aromatic rings. The maximum atomic E-state index is 10.1. The Hall–Kier alpha value is -1.61. The summed E-state index contributed by atoms with van der Waals surface area (Å²) < 4.78 is 8.70. The van der Waals surface area contributed by atoms with Gasteiger partial charge in [-0.3, -0.25) is 19.3 Å². The van der Waals surface area contributed by atoms with Gasteiger partial charge in [0.2, 0.25) is 0 Å². The number of carboxylic acid groups (broad SMARTS) is 3. The lowest BCUT2D eigenvalue weighted by atomic mass is 10.4. The lowest BCUT2D eigenvalue weighted by Gasteiger charge is -2.14. The summed E-state index contributed by atoms with van der Waals surface area (Å²) in [6.07, 6.45) is 0. The second kappa shape index (κ2) is 9.60. The van der Waals surface area contributed by atoms with E-state index in [4.69, 9.17) is 29.7 Å². The zero-order valence-electron chi connectivity index (χ0n) is 8.38. The molecule has 0 aromatic heterocycles. The van der Waals surface area contributed by atoms with Gasteiger partial charge in [0.05, 0.1) is 19.6 Å². The first-order valence-corrected chi connectivity index (χ1v) is 5.04. The molecule has 0 aliphatic rings. The first-order chi connectivity index (χ1) is 7.65. The summed E-state index contributed by atoms with van der Waals surface area (Å²) in [6, 6.07) is 0. The van der Waals surface area contributed by atoms with E-state index in [0.29, 0.717) is 0 Å². The van der Waals surface area contributed by atoms with Crippen LogP contribution in [0.5, 0.6) is 0 Å². The monoisotopic (exact) mass is 272 g/mol. The summed E-state index contributed by atoms with van der Waals surface area (Å²) in [7, 11) is -2.87. The highest BCUT2D eigenvalue weighted by Gasteiger charge is 2.15. The number of hydrogen-bond donors (Lipinski definition) is 5. The van der Waals surface area contributed by atoms with Gasteiger partial charge in [-0.1, -0.05) is 0 Å². The van der Waals surface area contributed by atoms with Gasteiger partial charge in [-0.15, -0.1) is 9.79 Å². The van der Waals surface area contributed by atoms with Crippen molar-refractivity contribution in [2.75, 3.05) is 19.6 Å². The molecule has 11 heteroatoms. The van der Waals surface area contributed by atoms with Gasteiger partial charge in [0.1, 0.15) is 0 Å². The topological polar surface area (TPSA) is 173 Å². The minimum absolute atomic E-state index is 0.599. The lowest BCUT2D eigenvalue weighted by Crippen LogP contribution is -2.38. The van der Waals surface area contributed by atoms with Crippen LogP contribution >= 0.6 is 8.25 Å². The van der Waals surface area contributed by atoms with E-state index in [9.17, 15) is 14.4 Å². The molecule has 0 saturated carbocycles. The average Bonchev–Trinajstić information content (AvgIpc) is 1.96. The van der Waals surface area contributed by atoms with Gasteiger partial charge < -0.3 is 15.3 Å². The second-order valence-corrected chi connectivity index (χ2v) is 3.08. The molecule has 0 fully saturated rings. The van der Waals surface area contributed by atoms with Crippen molar-refractivity contribution < 1.29 is 44.1 Å². The van der Waals surface area contributed by atoms with Crippen molar-refractivity contribution in [2.45, 2.75) is 0 Å². The standard InChI is InChI=1S/C6H9NO6.HO3P/c8-4(9)1-7(2-5(10)11)3-6(12)13;1-4(2)3/h1-3H2,(H,8,9)(H,10,11)(H,12,13);(H-,1,2,3)/p+1. The van der Waals surface area contributed by atoms with E-state index in [-0.39, 0.29) is 0 Å². The molecule has 5 N–H and O–H groups in total. The van der Waals surface area contributed by atoms with Gasteiger partial charge in [-0.25, -0.2) is 0 Å². The third kappa shape index (κ3) is 20.5. The molecule has 0 saturated heterocycles. The van der Waals surface area contributed by atoms with E-state index in [1.807, 2.05) is 0 Å². The smallest absolute Gasteiger partial charge is 0.480 e. The van der Waals surface area contributed by atoms with Crippen molar-refractivity contribution in [1.29, 1.82) is 0 Å². The third-order valence-corrected chi connectivity index (χ3v) is 1.08. The fourth-order valence-corrected chi connectivity index (χ4v) is 0.742. The molecule has 0 aromatic carbocycles. The molecular formula is C6H11NO9P+. The molecule has 0 aliphatic carbocycles. The van der Waals surface area contributed by atoms with Crippen LogP contribution in [0.25, 0.3) is 0 Å². The van der Waals surface area contributed by atoms with Crippen molar-refractivity contribution in [1.82, 2.24) is 4.90 Å². The first kappa shape index (κ1) is 17.8. The van der Waals surface area contributed by atoms with E-state index in [0.717, 1.165) is 4.90 Å². The summed E-state index contributed by atoms with van der Waals surface area (Å²) in [5.74, 6) is -3.78. The van der Waals surface area contributed by atoms with E-state index in [1.165, 1.54) is 0 Å². The van der Waals surface area contributed by atoms with Crippen molar-refractivity contribution in [3.63, 3.8) is 0 Å². The van der Waals surface area contributed by atoms with E-state index in [1.54, 1.807) is 0 Å². The fraction of sp³-hybridized carbons (Fsp3) is 0.500. The van der Waals surface area contributed by atoms with Gasteiger partial charge in [0.15, 0.2) is 0 Å². The molecule has 0 bridgehead atoms. The van der Waals surface area contributed by atoms with Crippen molar-refractivity contribution in [3.05, 3.63) is 0 Å². The molecular weight excluding hydrogens is 261 g/mol. The van der Waals surface area contributed by atoms with E-state index in [2.05, 4.69) is 0 Å². The minimum Gasteiger partial charge on any atom is -0.480 e. The van der Waals surface area contributed by atoms with E-state index < -0.39 is 45.8 Å². The Balaban J connectivity index is 0. The Morgan fingerprint density at radius 1 is 0.824 bits per heavy atom. The third-order valence-electron chi connectivity index (χ3n) is 1.08. The minimum atomic E-state index is -2.87. The molecule has 0 heterocycles. The molecule has 0 spiro atoms. The summed E-state index contributed by atoms with van der Waals surface area (Å²) in [5, 5.41) is 24.8. The maximum absolute atomic E-state index is 10.1. The van der Waals surface area contributed by atoms with Crippen LogP contribution in [0, 0.1) is 0 Å². The average molecular weight is 272 g/mol. The summed E-state index contributed by atoms with van der Waals surface area (Å²) in [6.45, 7) is -1.80. The Kier molecular flexibility index (Phi) is 10.0. The number of nitrogens with zero attached hydrogens (tertiary/aromatic N) is 1. The Morgan fingerprint density at radius 2 is 1.00 bits per heavy atom. The van der Waals surface area contributed by atoms with Gasteiger partial charge in [-0.2, -0.15) is 0 Å². The predicted octanol–water partition coefficient (Wildman–Crippen LogP) is -1.83. The van der Waals surface area contributed by atoms with Crippen LogP contribution in [0.1, 0.15) is 0 Å². The molecule has 0 unspecified atom stereocenters. The predicted molar refractivity (Wildman–Crippen MR) is 51.4 cm³/mol. The molecule has 98 valence electrons. The van der Waals surface area contributed by atoms with Gasteiger partial charge >= 0.3 is 26.2 Å². The van der Waals surface area contributed by atoms with Crippen molar-refractivity contribution in [3.8, 4) is 0 Å². The molecule has 0 radical (unpaired) electrons. The van der Waals surface area contributed by atoms with Crippen LogP contribution in [0.4, 0.5) is 0 Å². The Labute approximate surface area is 95.7 Å². The van der Waals surface area contributed by atoms with Crippen LogP contribution in [0.2, 0.25) is 0 Å². The normalized spacial score (nSPS) is 9.12. The summed E-state index contributed by atoms with van der Waals surface area (Å²) >= 11 is 0. The van der Waals surface area contributed by atoms with Crippen molar-refractivity contribution >= 4 is 26.2 Å². The lowest BCUT2D eigenvalue weighted by molar-refractivity contribution is -0.144. The molecule has 0 aliphatic heterocycles. The van der Waals surface area contributed by atoms with Crippen LogP contribution < -0.4 is 0 Å². The summed E-state index contributed by atoms with van der Waals surface area (Å²) in [4.78, 5) is 45.5. The largest absolute Gasteiger partial charge is 0.692 e. The zero-order chi connectivity index (χ0) is 14.0. The number of aliphatic carboxylic acids is 3. The van der Waals surface area contributed by atoms with Gasteiger partial charge in [0, 0.05) is 4.57 Å². The maximum Gasteiger partial charge on any atom is 0.692 e. The fourth-order valence-electron chi connectivity index (χ4n) is 0.742. The molecule has 0 rings (SSSR count). The van der Waals surface area contributed by atoms with Crippen LogP contribution in [0.3, 0.4) is 0 Å². The van der Waals surface area contributed by atoms with Gasteiger partial charge in [0.25, 0.3) is 0 Å². The van der Waals surface area contributed by atoms with Gasteiger partial charge in [-0.05, 0) is 0 Å². The first-order valence-electron chi connectivity index (χ1n) is 3.88. The Bertz CT molecular complexity index is 262. The second-order valence-electron chi connectivity index (χ2n) is 2.58. The molecule has 10 nitrogen and oxygen atoms in total. The quantitative estimate of drug-likeness (QED) is 0.346. The van der Waals surface area contributed by atoms with Crippen LogP contribution in [-0.4, -0.2) is 67.5 Å². The van der Waals surface area contributed by atoms with Crippen LogP contribution in [-0.2, 0) is 18.9 Å². The SMILES string of the molecule is O=C(O)CN(CC(=O)O)CC(=O)O.O=[P+](O)O. The number of rotatable bonds is 6. The van der Waals surface area contributed by atoms with Crippen LogP contribution in [0.15, 0.2) is 0 Å². The Morgan fingerprint density at radius 3 is 1.12 bits per heavy atom. The highest BCUT2D eigenvalue weighted by Crippen LogP contribution is 1.98. The molecule has 0 amide bonds. The molecule has 17 heavy (non-hydrogen) atoms.